The smallest absolute Gasteiger partial charge is 0.338 e. The molecule has 82 valence electrons. The number of carbonyl (C=O) groups is 2. The Balaban J connectivity index is 2.92. The van der Waals surface area contributed by atoms with Crippen LogP contribution in [-0.4, -0.2) is 30.7 Å². The number of nitrogens with two attached hydrogens (primary N) is 1. The van der Waals surface area contributed by atoms with Crippen molar-refractivity contribution in [2.24, 2.45) is 5.73 Å². The third-order valence-electron chi connectivity index (χ3n) is 1.92. The number of aliphatic carboxylic acids is 1. The van der Waals surface area contributed by atoms with Crippen LogP contribution in [0.1, 0.15) is 21.2 Å². The number of carboxylic acid groups (broad SMARTS) is 1. The van der Waals surface area contributed by atoms with Crippen molar-refractivity contribution in [2.45, 2.75) is 5.92 Å². The number of rotatable bonds is 4. The Hall–Kier alpha value is -1.40. The van der Waals surface area contributed by atoms with Gasteiger partial charge in [-0.05, 0) is 6.07 Å². The van der Waals surface area contributed by atoms with Gasteiger partial charge in [-0.1, -0.05) is 0 Å². The molecule has 0 radical (unpaired) electrons. The lowest BCUT2D eigenvalue weighted by Gasteiger charge is -2.05. The molecule has 0 bridgehead atoms. The molecule has 1 aromatic heterocycles. The largest absolute Gasteiger partial charge is 0.481 e. The number of methoxy groups -OCH3 is 1. The molecule has 15 heavy (non-hydrogen) atoms. The normalized spacial score (nSPS) is 12.1. The fraction of sp³-hybridized carbons (Fsp3) is 0.333. The van der Waals surface area contributed by atoms with Gasteiger partial charge in [0.1, 0.15) is 5.92 Å². The Morgan fingerprint density at radius 2 is 2.33 bits per heavy atom. The molecule has 6 heteroatoms. The third-order valence-corrected chi connectivity index (χ3v) is 2.96. The van der Waals surface area contributed by atoms with Gasteiger partial charge in [0.2, 0.25) is 0 Å². The number of ether oxygens (including phenoxy) is 1. The summed E-state index contributed by atoms with van der Waals surface area (Å²) in [6.07, 6.45) is 0. The van der Waals surface area contributed by atoms with Crippen LogP contribution in [0.3, 0.4) is 0 Å². The first-order chi connectivity index (χ1) is 7.10. The Bertz CT molecular complexity index is 374. The number of thiophene rings is 1. The summed E-state index contributed by atoms with van der Waals surface area (Å²) in [7, 11) is 1.28. The van der Waals surface area contributed by atoms with Crippen molar-refractivity contribution < 1.29 is 19.4 Å². The van der Waals surface area contributed by atoms with E-state index in [9.17, 15) is 9.59 Å². The summed E-state index contributed by atoms with van der Waals surface area (Å²) in [5.41, 5.74) is 5.69. The summed E-state index contributed by atoms with van der Waals surface area (Å²) in [6.45, 7) is 0.0104. The molecule has 0 aliphatic heterocycles. The van der Waals surface area contributed by atoms with Gasteiger partial charge in [-0.3, -0.25) is 4.79 Å². The van der Waals surface area contributed by atoms with Crippen molar-refractivity contribution in [3.8, 4) is 0 Å². The van der Waals surface area contributed by atoms with Crippen LogP contribution < -0.4 is 5.73 Å². The van der Waals surface area contributed by atoms with E-state index in [2.05, 4.69) is 4.74 Å². The van der Waals surface area contributed by atoms with Crippen molar-refractivity contribution in [1.29, 1.82) is 0 Å². The number of carbonyl (C=O) groups excluding carboxylic acids is 1. The first-order valence-electron chi connectivity index (χ1n) is 4.19. The molecule has 0 saturated heterocycles. The second kappa shape index (κ2) is 4.90. The lowest BCUT2D eigenvalue weighted by atomic mass is 10.1. The molecule has 3 N–H and O–H groups in total. The van der Waals surface area contributed by atoms with Crippen molar-refractivity contribution in [3.63, 3.8) is 0 Å². The van der Waals surface area contributed by atoms with Gasteiger partial charge in [-0.2, -0.15) is 0 Å². The lowest BCUT2D eigenvalue weighted by molar-refractivity contribution is -0.138. The minimum Gasteiger partial charge on any atom is -0.481 e. The third kappa shape index (κ3) is 2.54. The molecule has 1 atom stereocenters. The highest BCUT2D eigenvalue weighted by molar-refractivity contribution is 7.10. The van der Waals surface area contributed by atoms with Crippen LogP contribution in [-0.2, 0) is 9.53 Å². The van der Waals surface area contributed by atoms with Crippen LogP contribution in [0.4, 0.5) is 0 Å². The minimum atomic E-state index is -0.990. The summed E-state index contributed by atoms with van der Waals surface area (Å²) < 4.78 is 4.51. The molecular weight excluding hydrogens is 218 g/mol. The number of hydrogen-bond donors (Lipinski definition) is 2. The van der Waals surface area contributed by atoms with Crippen LogP contribution in [0.15, 0.2) is 11.4 Å². The maximum absolute atomic E-state index is 11.1. The van der Waals surface area contributed by atoms with E-state index in [1.807, 2.05) is 0 Å². The highest BCUT2D eigenvalue weighted by atomic mass is 32.1. The molecule has 5 nitrogen and oxygen atoms in total. The van der Waals surface area contributed by atoms with E-state index in [4.69, 9.17) is 10.8 Å². The van der Waals surface area contributed by atoms with E-state index in [1.54, 1.807) is 5.38 Å². The monoisotopic (exact) mass is 229 g/mol. The van der Waals surface area contributed by atoms with Gasteiger partial charge in [-0.15, -0.1) is 11.3 Å². The summed E-state index contributed by atoms with van der Waals surface area (Å²) in [5.74, 6) is -2.22. The maximum Gasteiger partial charge on any atom is 0.338 e. The van der Waals surface area contributed by atoms with Crippen LogP contribution in [0.25, 0.3) is 0 Å². The average Bonchev–Trinajstić information content (AvgIpc) is 2.66. The van der Waals surface area contributed by atoms with Crippen LogP contribution in [0.5, 0.6) is 0 Å². The summed E-state index contributed by atoms with van der Waals surface area (Å²) in [6, 6.07) is 1.50. The minimum absolute atomic E-state index is 0.0104. The zero-order chi connectivity index (χ0) is 11.4. The van der Waals surface area contributed by atoms with E-state index in [-0.39, 0.29) is 6.54 Å². The van der Waals surface area contributed by atoms with Crippen molar-refractivity contribution in [2.75, 3.05) is 13.7 Å². The van der Waals surface area contributed by atoms with Gasteiger partial charge in [-0.25, -0.2) is 4.79 Å². The number of carboxylic acids is 1. The second-order valence-corrected chi connectivity index (χ2v) is 3.80. The molecule has 0 fully saturated rings. The SMILES string of the molecule is COC(=O)c1csc(C(CN)C(=O)O)c1. The van der Waals surface area contributed by atoms with Gasteiger partial charge in [0.15, 0.2) is 0 Å². The fourth-order valence-corrected chi connectivity index (χ4v) is 2.08. The standard InChI is InChI=1S/C9H11NO4S/c1-14-9(13)5-2-7(15-4-5)6(3-10)8(11)12/h2,4,6H,3,10H2,1H3,(H,11,12). The lowest BCUT2D eigenvalue weighted by Crippen LogP contribution is -2.20. The Morgan fingerprint density at radius 3 is 2.80 bits per heavy atom. The molecular formula is C9H11NO4S. The predicted octanol–water partition coefficient (Wildman–Crippen LogP) is 0.662. The molecule has 1 heterocycles. The highest BCUT2D eigenvalue weighted by Crippen LogP contribution is 2.24. The second-order valence-electron chi connectivity index (χ2n) is 2.86. The quantitative estimate of drug-likeness (QED) is 0.740. The van der Waals surface area contributed by atoms with E-state index in [0.29, 0.717) is 10.4 Å². The summed E-state index contributed by atoms with van der Waals surface area (Å²) >= 11 is 1.19. The molecule has 1 aromatic rings. The average molecular weight is 229 g/mol. The van der Waals surface area contributed by atoms with Gasteiger partial charge in [0.25, 0.3) is 0 Å². The number of esters is 1. The van der Waals surface area contributed by atoms with Crippen molar-refractivity contribution in [3.05, 3.63) is 21.9 Å². The maximum atomic E-state index is 11.1. The zero-order valence-electron chi connectivity index (χ0n) is 8.10. The van der Waals surface area contributed by atoms with E-state index < -0.39 is 17.9 Å². The van der Waals surface area contributed by atoms with Gasteiger partial charge in [0, 0.05) is 16.8 Å². The van der Waals surface area contributed by atoms with Crippen molar-refractivity contribution >= 4 is 23.3 Å². The molecule has 0 aliphatic rings. The molecule has 0 saturated carbocycles. The Morgan fingerprint density at radius 1 is 1.67 bits per heavy atom. The highest BCUT2D eigenvalue weighted by Gasteiger charge is 2.21. The molecule has 1 rings (SSSR count). The van der Waals surface area contributed by atoms with Crippen LogP contribution in [0.2, 0.25) is 0 Å². The van der Waals surface area contributed by atoms with Gasteiger partial charge in [0.05, 0.1) is 12.7 Å². The molecule has 0 aliphatic carbocycles. The van der Waals surface area contributed by atoms with Crippen molar-refractivity contribution in [1.82, 2.24) is 0 Å². The molecule has 1 unspecified atom stereocenters. The van der Waals surface area contributed by atoms with Gasteiger partial charge >= 0.3 is 11.9 Å². The number of hydrogen-bond acceptors (Lipinski definition) is 5. The van der Waals surface area contributed by atoms with E-state index in [0.717, 1.165) is 0 Å². The summed E-state index contributed by atoms with van der Waals surface area (Å²) in [4.78, 5) is 22.5. The van der Waals surface area contributed by atoms with Crippen LogP contribution >= 0.6 is 11.3 Å². The van der Waals surface area contributed by atoms with Gasteiger partial charge < -0.3 is 15.6 Å². The van der Waals surface area contributed by atoms with Crippen LogP contribution in [0, 0.1) is 0 Å². The predicted molar refractivity (Wildman–Crippen MR) is 55.1 cm³/mol. The zero-order valence-corrected chi connectivity index (χ0v) is 8.91. The molecule has 0 spiro atoms. The van der Waals surface area contributed by atoms with E-state index >= 15 is 0 Å². The van der Waals surface area contributed by atoms with E-state index in [1.165, 1.54) is 24.5 Å². The summed E-state index contributed by atoms with van der Waals surface area (Å²) in [5, 5.41) is 10.4. The molecule has 0 amide bonds. The molecule has 0 aromatic carbocycles. The topological polar surface area (TPSA) is 89.6 Å². The Labute approximate surface area is 90.5 Å². The first kappa shape index (κ1) is 11.7. The Kier molecular flexibility index (Phi) is 3.81. The first-order valence-corrected chi connectivity index (χ1v) is 5.07. The fourth-order valence-electron chi connectivity index (χ4n) is 1.10.